The van der Waals surface area contributed by atoms with Crippen molar-refractivity contribution < 1.29 is 18.3 Å². The lowest BCUT2D eigenvalue weighted by molar-refractivity contribution is -0.205. The van der Waals surface area contributed by atoms with E-state index in [9.17, 15) is 13.2 Å². The van der Waals surface area contributed by atoms with Gasteiger partial charge in [0, 0.05) is 4.88 Å². The number of rotatable bonds is 1. The van der Waals surface area contributed by atoms with E-state index < -0.39 is 12.3 Å². The molecule has 0 saturated carbocycles. The molecule has 0 aromatic carbocycles. The standard InChI is InChI=1S/C6H4BrF3OS/c7-4-2-1-3(12-4)5(11)6(8,9)10/h1-2,5,11H/t5-/m1/s1. The van der Waals surface area contributed by atoms with E-state index in [1.54, 1.807) is 0 Å². The van der Waals surface area contributed by atoms with Gasteiger partial charge in [-0.15, -0.1) is 11.3 Å². The molecule has 1 N–H and O–H groups in total. The molecule has 1 aromatic heterocycles. The van der Waals surface area contributed by atoms with E-state index in [2.05, 4.69) is 15.9 Å². The third-order valence-electron chi connectivity index (χ3n) is 1.17. The van der Waals surface area contributed by atoms with Crippen molar-refractivity contribution >= 4 is 27.3 Å². The molecule has 1 atom stereocenters. The van der Waals surface area contributed by atoms with Crippen molar-refractivity contribution in [1.29, 1.82) is 0 Å². The number of aliphatic hydroxyl groups excluding tert-OH is 1. The van der Waals surface area contributed by atoms with Gasteiger partial charge in [-0.1, -0.05) is 0 Å². The highest BCUT2D eigenvalue weighted by atomic mass is 79.9. The van der Waals surface area contributed by atoms with Crippen LogP contribution in [0.15, 0.2) is 15.9 Å². The first-order valence-corrected chi connectivity index (χ1v) is 4.52. The average molecular weight is 261 g/mol. The largest absolute Gasteiger partial charge is 0.419 e. The maximum atomic E-state index is 11.9. The number of thiophene rings is 1. The van der Waals surface area contributed by atoms with Crippen LogP contribution in [-0.4, -0.2) is 11.3 Å². The van der Waals surface area contributed by atoms with Crippen molar-refractivity contribution in [2.24, 2.45) is 0 Å². The summed E-state index contributed by atoms with van der Waals surface area (Å²) in [6.45, 7) is 0. The molecule has 1 nitrogen and oxygen atoms in total. The van der Waals surface area contributed by atoms with Crippen molar-refractivity contribution in [2.45, 2.75) is 12.3 Å². The molecule has 0 aliphatic carbocycles. The van der Waals surface area contributed by atoms with Gasteiger partial charge < -0.3 is 5.11 Å². The van der Waals surface area contributed by atoms with E-state index in [-0.39, 0.29) is 4.88 Å². The predicted octanol–water partition coefficient (Wildman–Crippen LogP) is 3.11. The Kier molecular flexibility index (Phi) is 2.80. The lowest BCUT2D eigenvalue weighted by atomic mass is 10.3. The summed E-state index contributed by atoms with van der Waals surface area (Å²) in [5, 5.41) is 8.73. The zero-order valence-corrected chi connectivity index (χ0v) is 8.00. The van der Waals surface area contributed by atoms with E-state index in [0.29, 0.717) is 3.79 Å². The Bertz CT molecular complexity index is 270. The Morgan fingerprint density at radius 1 is 1.42 bits per heavy atom. The fraction of sp³-hybridized carbons (Fsp3) is 0.333. The first-order valence-electron chi connectivity index (χ1n) is 2.91. The van der Waals surface area contributed by atoms with Crippen LogP contribution in [0.1, 0.15) is 11.0 Å². The number of hydrogen-bond donors (Lipinski definition) is 1. The quantitative estimate of drug-likeness (QED) is 0.823. The smallest absolute Gasteiger partial charge is 0.379 e. The minimum atomic E-state index is -4.58. The fourth-order valence-corrected chi connectivity index (χ4v) is 2.07. The monoisotopic (exact) mass is 260 g/mol. The lowest BCUT2D eigenvalue weighted by Gasteiger charge is -2.11. The molecular formula is C6H4BrF3OS. The third kappa shape index (κ3) is 2.21. The van der Waals surface area contributed by atoms with E-state index in [0.717, 1.165) is 11.3 Å². The molecule has 6 heteroatoms. The molecule has 0 fully saturated rings. The van der Waals surface area contributed by atoms with Crippen LogP contribution in [0.25, 0.3) is 0 Å². The molecule has 12 heavy (non-hydrogen) atoms. The van der Waals surface area contributed by atoms with Crippen LogP contribution in [0.5, 0.6) is 0 Å². The molecule has 1 aromatic rings. The van der Waals surface area contributed by atoms with Gasteiger partial charge in [-0.05, 0) is 28.1 Å². The molecule has 0 aliphatic heterocycles. The van der Waals surface area contributed by atoms with Crippen LogP contribution in [-0.2, 0) is 0 Å². The number of hydrogen-bond acceptors (Lipinski definition) is 2. The van der Waals surface area contributed by atoms with Gasteiger partial charge >= 0.3 is 6.18 Å². The molecule has 1 rings (SSSR count). The van der Waals surface area contributed by atoms with E-state index >= 15 is 0 Å². The predicted molar refractivity (Wildman–Crippen MR) is 43.0 cm³/mol. The van der Waals surface area contributed by atoms with Crippen molar-refractivity contribution in [3.8, 4) is 0 Å². The second kappa shape index (κ2) is 3.35. The maximum absolute atomic E-state index is 11.9. The summed E-state index contributed by atoms with van der Waals surface area (Å²) in [7, 11) is 0. The summed E-state index contributed by atoms with van der Waals surface area (Å²) in [5.74, 6) is 0. The Labute approximate surface area is 79.0 Å². The van der Waals surface area contributed by atoms with Gasteiger partial charge in [0.1, 0.15) is 0 Å². The molecule has 1 heterocycles. The molecule has 0 bridgehead atoms. The van der Waals surface area contributed by atoms with Gasteiger partial charge in [0.2, 0.25) is 0 Å². The molecular weight excluding hydrogens is 257 g/mol. The lowest BCUT2D eigenvalue weighted by Crippen LogP contribution is -2.18. The molecule has 0 saturated heterocycles. The minimum Gasteiger partial charge on any atom is -0.379 e. The van der Waals surface area contributed by atoms with E-state index in [1.165, 1.54) is 12.1 Å². The summed E-state index contributed by atoms with van der Waals surface area (Å²) in [4.78, 5) is -0.102. The van der Waals surface area contributed by atoms with Crippen LogP contribution in [0.4, 0.5) is 13.2 Å². The summed E-state index contributed by atoms with van der Waals surface area (Å²) >= 11 is 3.88. The van der Waals surface area contributed by atoms with Crippen molar-refractivity contribution in [3.05, 3.63) is 20.8 Å². The summed E-state index contributed by atoms with van der Waals surface area (Å²) in [5.41, 5.74) is 0. The third-order valence-corrected chi connectivity index (χ3v) is 2.85. The molecule has 0 aliphatic rings. The molecule has 0 radical (unpaired) electrons. The van der Waals surface area contributed by atoms with Gasteiger partial charge in [0.05, 0.1) is 3.79 Å². The van der Waals surface area contributed by atoms with Crippen LogP contribution in [0.3, 0.4) is 0 Å². The van der Waals surface area contributed by atoms with Crippen LogP contribution >= 0.6 is 27.3 Å². The second-order valence-electron chi connectivity index (χ2n) is 2.09. The van der Waals surface area contributed by atoms with Crippen LogP contribution < -0.4 is 0 Å². The van der Waals surface area contributed by atoms with Gasteiger partial charge in [-0.2, -0.15) is 13.2 Å². The van der Waals surface area contributed by atoms with E-state index in [1.807, 2.05) is 0 Å². The molecule has 0 amide bonds. The Morgan fingerprint density at radius 2 is 2.00 bits per heavy atom. The summed E-state index contributed by atoms with van der Waals surface area (Å²) in [6.07, 6.45) is -6.95. The van der Waals surface area contributed by atoms with Gasteiger partial charge in [-0.25, -0.2) is 0 Å². The van der Waals surface area contributed by atoms with Crippen LogP contribution in [0, 0.1) is 0 Å². The Balaban J connectivity index is 2.85. The molecule has 0 spiro atoms. The first kappa shape index (κ1) is 10.0. The summed E-state index contributed by atoms with van der Waals surface area (Å²) in [6, 6.07) is 2.71. The Morgan fingerprint density at radius 3 is 2.33 bits per heavy atom. The minimum absolute atomic E-state index is 0.102. The molecule has 68 valence electrons. The number of aliphatic hydroxyl groups is 1. The van der Waals surface area contributed by atoms with Crippen molar-refractivity contribution in [3.63, 3.8) is 0 Å². The SMILES string of the molecule is O[C@H](c1ccc(Br)s1)C(F)(F)F. The number of halogens is 4. The number of alkyl halides is 3. The maximum Gasteiger partial charge on any atom is 0.419 e. The zero-order valence-electron chi connectivity index (χ0n) is 5.60. The summed E-state index contributed by atoms with van der Waals surface area (Å²) < 4.78 is 36.2. The second-order valence-corrected chi connectivity index (χ2v) is 4.58. The topological polar surface area (TPSA) is 20.2 Å². The highest BCUT2D eigenvalue weighted by molar-refractivity contribution is 9.11. The Hall–Kier alpha value is -0.0700. The highest BCUT2D eigenvalue weighted by Crippen LogP contribution is 2.37. The van der Waals surface area contributed by atoms with Gasteiger partial charge in [0.15, 0.2) is 6.10 Å². The van der Waals surface area contributed by atoms with Crippen molar-refractivity contribution in [2.75, 3.05) is 0 Å². The van der Waals surface area contributed by atoms with Gasteiger partial charge in [-0.3, -0.25) is 0 Å². The molecule has 0 unspecified atom stereocenters. The zero-order chi connectivity index (χ0) is 9.35. The van der Waals surface area contributed by atoms with Crippen molar-refractivity contribution in [1.82, 2.24) is 0 Å². The van der Waals surface area contributed by atoms with E-state index in [4.69, 9.17) is 5.11 Å². The van der Waals surface area contributed by atoms with Crippen LogP contribution in [0.2, 0.25) is 0 Å². The normalized spacial score (nSPS) is 14.8. The van der Waals surface area contributed by atoms with Gasteiger partial charge in [0.25, 0.3) is 0 Å². The first-order chi connectivity index (χ1) is 5.41. The average Bonchev–Trinajstić information content (AvgIpc) is 2.32. The fourth-order valence-electron chi connectivity index (χ4n) is 0.637. The highest BCUT2D eigenvalue weighted by Gasteiger charge is 2.40.